The van der Waals surface area contributed by atoms with Crippen molar-refractivity contribution >= 4 is 15.9 Å². The molecule has 2 aliphatic heterocycles. The third-order valence-electron chi connectivity index (χ3n) is 6.54. The lowest BCUT2D eigenvalue weighted by atomic mass is 9.87. The monoisotopic (exact) mass is 436 g/mol. The van der Waals surface area contributed by atoms with Gasteiger partial charge in [0.15, 0.2) is 11.5 Å². The Morgan fingerprint density at radius 1 is 1.00 bits per heavy atom. The first-order chi connectivity index (χ1) is 14.4. The number of fused-ring (bicyclic) bond motifs is 1. The molecule has 1 aliphatic carbocycles. The number of carbonyl (C=O) groups excluding carboxylic acids is 1. The van der Waals surface area contributed by atoms with E-state index in [1.54, 1.807) is 18.2 Å². The van der Waals surface area contributed by atoms with Crippen molar-refractivity contribution < 1.29 is 22.7 Å². The highest BCUT2D eigenvalue weighted by Gasteiger charge is 2.33. The molecule has 0 radical (unpaired) electrons. The van der Waals surface area contributed by atoms with Crippen molar-refractivity contribution in [2.45, 2.75) is 62.8 Å². The predicted molar refractivity (Wildman–Crippen MR) is 113 cm³/mol. The maximum atomic E-state index is 13.1. The van der Waals surface area contributed by atoms with Crippen molar-refractivity contribution in [3.8, 4) is 11.5 Å². The van der Waals surface area contributed by atoms with Gasteiger partial charge in [-0.1, -0.05) is 6.92 Å². The van der Waals surface area contributed by atoms with Gasteiger partial charge in [0.25, 0.3) is 0 Å². The molecule has 8 heteroatoms. The molecule has 1 saturated heterocycles. The number of nitrogens with one attached hydrogen (secondary N) is 1. The SMILES string of the molecule is CC1CCC(NC(=O)C2CCN(S(=O)(=O)c3ccc4c(c3)OCCCO4)CC2)CC1. The Labute approximate surface area is 179 Å². The van der Waals surface area contributed by atoms with Crippen LogP contribution < -0.4 is 14.8 Å². The Kier molecular flexibility index (Phi) is 6.53. The van der Waals surface area contributed by atoms with Crippen LogP contribution in [-0.4, -0.2) is 51.0 Å². The number of amides is 1. The van der Waals surface area contributed by atoms with E-state index >= 15 is 0 Å². The van der Waals surface area contributed by atoms with Gasteiger partial charge in [-0.05, 0) is 56.6 Å². The molecule has 1 N–H and O–H groups in total. The Bertz CT molecular complexity index is 856. The number of sulfonamides is 1. The maximum Gasteiger partial charge on any atom is 0.243 e. The number of carbonyl (C=O) groups is 1. The van der Waals surface area contributed by atoms with E-state index < -0.39 is 10.0 Å². The van der Waals surface area contributed by atoms with Gasteiger partial charge in [-0.2, -0.15) is 4.31 Å². The van der Waals surface area contributed by atoms with Gasteiger partial charge in [0.05, 0.1) is 18.1 Å². The average molecular weight is 437 g/mol. The maximum absolute atomic E-state index is 13.1. The number of nitrogens with zero attached hydrogens (tertiary/aromatic N) is 1. The fourth-order valence-electron chi connectivity index (χ4n) is 4.53. The predicted octanol–water partition coefficient (Wildman–Crippen LogP) is 2.94. The summed E-state index contributed by atoms with van der Waals surface area (Å²) < 4.78 is 38.9. The van der Waals surface area contributed by atoms with Crippen LogP contribution in [0.1, 0.15) is 51.9 Å². The van der Waals surface area contributed by atoms with Gasteiger partial charge in [-0.25, -0.2) is 8.42 Å². The summed E-state index contributed by atoms with van der Waals surface area (Å²) in [6, 6.07) is 5.07. The minimum absolute atomic E-state index is 0.0854. The molecule has 166 valence electrons. The molecular weight excluding hydrogens is 404 g/mol. The van der Waals surface area contributed by atoms with Crippen LogP contribution in [0.2, 0.25) is 0 Å². The Morgan fingerprint density at radius 2 is 1.67 bits per heavy atom. The van der Waals surface area contributed by atoms with E-state index in [0.29, 0.717) is 50.6 Å². The number of benzene rings is 1. The molecular formula is C22H32N2O5S. The molecule has 2 heterocycles. The van der Waals surface area contributed by atoms with E-state index in [9.17, 15) is 13.2 Å². The molecule has 2 fully saturated rings. The standard InChI is InChI=1S/C22H32N2O5S/c1-16-3-5-18(6-4-16)23-22(25)17-9-11-24(12-10-17)30(26,27)19-7-8-20-21(15-19)29-14-2-13-28-20/h7-8,15-18H,2-6,9-14H2,1H3,(H,23,25). The zero-order valence-corrected chi connectivity index (χ0v) is 18.5. The summed E-state index contributed by atoms with van der Waals surface area (Å²) in [5.74, 6) is 1.78. The van der Waals surface area contributed by atoms with Crippen molar-refractivity contribution in [1.29, 1.82) is 0 Å². The minimum atomic E-state index is -3.62. The molecule has 0 aromatic heterocycles. The summed E-state index contributed by atoms with van der Waals surface area (Å²) in [6.07, 6.45) is 6.30. The first-order valence-electron chi connectivity index (χ1n) is 11.1. The second kappa shape index (κ2) is 9.14. The van der Waals surface area contributed by atoms with Crippen molar-refractivity contribution in [3.05, 3.63) is 18.2 Å². The van der Waals surface area contributed by atoms with E-state index in [0.717, 1.165) is 38.0 Å². The van der Waals surface area contributed by atoms with Crippen LogP contribution >= 0.6 is 0 Å². The number of hydrogen-bond donors (Lipinski definition) is 1. The van der Waals surface area contributed by atoms with Crippen LogP contribution in [-0.2, 0) is 14.8 Å². The van der Waals surface area contributed by atoms with Crippen LogP contribution in [0.3, 0.4) is 0 Å². The van der Waals surface area contributed by atoms with E-state index in [2.05, 4.69) is 12.2 Å². The van der Waals surface area contributed by atoms with Gasteiger partial charge in [0.2, 0.25) is 15.9 Å². The molecule has 1 aromatic carbocycles. The highest BCUT2D eigenvalue weighted by atomic mass is 32.2. The van der Waals surface area contributed by atoms with Gasteiger partial charge in [0, 0.05) is 37.5 Å². The highest BCUT2D eigenvalue weighted by Crippen LogP contribution is 2.34. The van der Waals surface area contributed by atoms with Crippen LogP contribution in [0.5, 0.6) is 11.5 Å². The second-order valence-corrected chi connectivity index (χ2v) is 10.7. The fourth-order valence-corrected chi connectivity index (χ4v) is 6.02. The third-order valence-corrected chi connectivity index (χ3v) is 8.44. The van der Waals surface area contributed by atoms with Crippen molar-refractivity contribution in [2.75, 3.05) is 26.3 Å². The van der Waals surface area contributed by atoms with Gasteiger partial charge >= 0.3 is 0 Å². The Hall–Kier alpha value is -1.80. The molecule has 1 saturated carbocycles. The highest BCUT2D eigenvalue weighted by molar-refractivity contribution is 7.89. The molecule has 0 atom stereocenters. The Balaban J connectivity index is 1.35. The number of rotatable bonds is 4. The van der Waals surface area contributed by atoms with Crippen LogP contribution in [0, 0.1) is 11.8 Å². The van der Waals surface area contributed by atoms with Gasteiger partial charge in [0.1, 0.15) is 0 Å². The summed E-state index contributed by atoms with van der Waals surface area (Å²) in [6.45, 7) is 4.05. The lowest BCUT2D eigenvalue weighted by Crippen LogP contribution is -2.46. The van der Waals surface area contributed by atoms with Gasteiger partial charge in [-0.3, -0.25) is 4.79 Å². The Morgan fingerprint density at radius 3 is 2.37 bits per heavy atom. The van der Waals surface area contributed by atoms with Gasteiger partial charge in [-0.15, -0.1) is 0 Å². The molecule has 30 heavy (non-hydrogen) atoms. The zero-order valence-electron chi connectivity index (χ0n) is 17.6. The zero-order chi connectivity index (χ0) is 21.1. The largest absolute Gasteiger partial charge is 0.490 e. The topological polar surface area (TPSA) is 84.9 Å². The number of piperidine rings is 1. The molecule has 7 nitrogen and oxygen atoms in total. The molecule has 1 aromatic rings. The van der Waals surface area contributed by atoms with Crippen LogP contribution in [0.4, 0.5) is 0 Å². The van der Waals surface area contributed by atoms with Crippen molar-refractivity contribution in [3.63, 3.8) is 0 Å². The van der Waals surface area contributed by atoms with Crippen LogP contribution in [0.25, 0.3) is 0 Å². The molecule has 0 unspecified atom stereocenters. The lowest BCUT2D eigenvalue weighted by Gasteiger charge is -2.33. The summed E-state index contributed by atoms with van der Waals surface area (Å²) in [5.41, 5.74) is 0. The summed E-state index contributed by atoms with van der Waals surface area (Å²) in [4.78, 5) is 12.9. The molecule has 4 rings (SSSR count). The quantitative estimate of drug-likeness (QED) is 0.784. The van der Waals surface area contributed by atoms with E-state index in [1.165, 1.54) is 4.31 Å². The first kappa shape index (κ1) is 21.4. The van der Waals surface area contributed by atoms with Crippen molar-refractivity contribution in [2.24, 2.45) is 11.8 Å². The van der Waals surface area contributed by atoms with E-state index in [4.69, 9.17) is 9.47 Å². The molecule has 0 bridgehead atoms. The smallest absolute Gasteiger partial charge is 0.243 e. The summed E-state index contributed by atoms with van der Waals surface area (Å²) in [5, 5.41) is 3.20. The number of ether oxygens (including phenoxy) is 2. The fraction of sp³-hybridized carbons (Fsp3) is 0.682. The summed E-state index contributed by atoms with van der Waals surface area (Å²) in [7, 11) is -3.62. The van der Waals surface area contributed by atoms with E-state index in [-0.39, 0.29) is 22.8 Å². The van der Waals surface area contributed by atoms with Gasteiger partial charge < -0.3 is 14.8 Å². The summed E-state index contributed by atoms with van der Waals surface area (Å²) >= 11 is 0. The second-order valence-electron chi connectivity index (χ2n) is 8.80. The molecule has 3 aliphatic rings. The molecule has 0 spiro atoms. The average Bonchev–Trinajstić information content (AvgIpc) is 3.00. The minimum Gasteiger partial charge on any atom is -0.490 e. The number of hydrogen-bond acceptors (Lipinski definition) is 5. The normalized spacial score (nSPS) is 26.0. The first-order valence-corrected chi connectivity index (χ1v) is 12.6. The van der Waals surface area contributed by atoms with Crippen LogP contribution in [0.15, 0.2) is 23.1 Å². The lowest BCUT2D eigenvalue weighted by molar-refractivity contribution is -0.127. The molecule has 1 amide bonds. The van der Waals surface area contributed by atoms with E-state index in [1.807, 2.05) is 0 Å². The van der Waals surface area contributed by atoms with Crippen molar-refractivity contribution in [1.82, 2.24) is 9.62 Å². The third kappa shape index (κ3) is 4.75.